The van der Waals surface area contributed by atoms with E-state index >= 15 is 0 Å². The van der Waals surface area contributed by atoms with Crippen molar-refractivity contribution in [1.29, 1.82) is 0 Å². The van der Waals surface area contributed by atoms with Gasteiger partial charge in [0.05, 0.1) is 6.61 Å². The summed E-state index contributed by atoms with van der Waals surface area (Å²) in [7, 11) is 0. The zero-order chi connectivity index (χ0) is 13.1. The summed E-state index contributed by atoms with van der Waals surface area (Å²) in [5, 5.41) is 12.9. The summed E-state index contributed by atoms with van der Waals surface area (Å²) >= 11 is 3.53. The Morgan fingerprint density at radius 1 is 1.50 bits per heavy atom. The van der Waals surface area contributed by atoms with Crippen LogP contribution in [0.2, 0.25) is 0 Å². The van der Waals surface area contributed by atoms with Gasteiger partial charge in [0.25, 0.3) is 0 Å². The van der Waals surface area contributed by atoms with Gasteiger partial charge in [-0.1, -0.05) is 15.9 Å². The maximum atomic E-state index is 9.40. The van der Waals surface area contributed by atoms with E-state index < -0.39 is 0 Å². The Balaban J connectivity index is 2.17. The summed E-state index contributed by atoms with van der Waals surface area (Å²) in [6.45, 7) is 6.37. The summed E-state index contributed by atoms with van der Waals surface area (Å²) in [6, 6.07) is 7.06. The second kappa shape index (κ2) is 6.04. The quantitative estimate of drug-likeness (QED) is 0.879. The monoisotopic (exact) mass is 312 g/mol. The molecular formula is C14H21BrN2O. The number of hydrogen-bond donors (Lipinski definition) is 2. The SMILES string of the molecule is Cc1cc(N2CCC(C)NC(CO)C2)ccc1Br. The molecule has 18 heavy (non-hydrogen) atoms. The van der Waals surface area contributed by atoms with Gasteiger partial charge in [0.1, 0.15) is 0 Å². The summed E-state index contributed by atoms with van der Waals surface area (Å²) < 4.78 is 1.14. The molecule has 1 aromatic rings. The average molecular weight is 313 g/mol. The van der Waals surface area contributed by atoms with Crippen LogP contribution in [0.1, 0.15) is 18.9 Å². The molecule has 0 amide bonds. The molecule has 2 atom stereocenters. The van der Waals surface area contributed by atoms with Gasteiger partial charge in [-0.25, -0.2) is 0 Å². The number of hydrogen-bond acceptors (Lipinski definition) is 3. The van der Waals surface area contributed by atoms with Crippen LogP contribution in [0.5, 0.6) is 0 Å². The van der Waals surface area contributed by atoms with E-state index in [1.165, 1.54) is 11.3 Å². The van der Waals surface area contributed by atoms with Crippen molar-refractivity contribution >= 4 is 21.6 Å². The van der Waals surface area contributed by atoms with Crippen LogP contribution in [0, 0.1) is 6.92 Å². The van der Waals surface area contributed by atoms with Crippen LogP contribution in [-0.2, 0) is 0 Å². The maximum Gasteiger partial charge on any atom is 0.0602 e. The first-order chi connectivity index (χ1) is 8.60. The highest BCUT2D eigenvalue weighted by Crippen LogP contribution is 2.24. The number of rotatable bonds is 2. The molecule has 4 heteroatoms. The molecule has 100 valence electrons. The normalized spacial score (nSPS) is 25.0. The second-order valence-electron chi connectivity index (χ2n) is 5.12. The van der Waals surface area contributed by atoms with Crippen LogP contribution >= 0.6 is 15.9 Å². The van der Waals surface area contributed by atoms with E-state index in [4.69, 9.17) is 0 Å². The molecule has 3 nitrogen and oxygen atoms in total. The van der Waals surface area contributed by atoms with Crippen molar-refractivity contribution < 1.29 is 5.11 Å². The Hall–Kier alpha value is -0.580. The van der Waals surface area contributed by atoms with Gasteiger partial charge in [-0.15, -0.1) is 0 Å². The van der Waals surface area contributed by atoms with Gasteiger partial charge in [-0.2, -0.15) is 0 Å². The van der Waals surface area contributed by atoms with E-state index in [1.54, 1.807) is 0 Å². The van der Waals surface area contributed by atoms with E-state index in [2.05, 4.69) is 58.2 Å². The lowest BCUT2D eigenvalue weighted by Crippen LogP contribution is -2.42. The van der Waals surface area contributed by atoms with Crippen molar-refractivity contribution in [2.45, 2.75) is 32.4 Å². The molecule has 1 fully saturated rings. The Kier molecular flexibility index (Phi) is 4.65. The molecule has 0 radical (unpaired) electrons. The number of nitrogens with one attached hydrogen (secondary N) is 1. The van der Waals surface area contributed by atoms with Crippen LogP contribution in [0.3, 0.4) is 0 Å². The van der Waals surface area contributed by atoms with Gasteiger partial charge in [-0.3, -0.25) is 0 Å². The van der Waals surface area contributed by atoms with Crippen LogP contribution in [0.25, 0.3) is 0 Å². The summed E-state index contributed by atoms with van der Waals surface area (Å²) in [4.78, 5) is 2.36. The fraction of sp³-hybridized carbons (Fsp3) is 0.571. The van der Waals surface area contributed by atoms with Crippen LogP contribution in [0.4, 0.5) is 5.69 Å². The molecule has 0 aliphatic carbocycles. The van der Waals surface area contributed by atoms with Gasteiger partial charge in [-0.05, 0) is 44.0 Å². The molecule has 2 N–H and O–H groups in total. The van der Waals surface area contributed by atoms with E-state index in [0.29, 0.717) is 6.04 Å². The Morgan fingerprint density at radius 3 is 2.94 bits per heavy atom. The van der Waals surface area contributed by atoms with E-state index in [1.807, 2.05) is 0 Å². The highest BCUT2D eigenvalue weighted by atomic mass is 79.9. The van der Waals surface area contributed by atoms with Crippen LogP contribution in [0.15, 0.2) is 22.7 Å². The lowest BCUT2D eigenvalue weighted by Gasteiger charge is -2.26. The molecule has 1 heterocycles. The first-order valence-electron chi connectivity index (χ1n) is 6.48. The van der Waals surface area contributed by atoms with Crippen molar-refractivity contribution in [2.24, 2.45) is 0 Å². The van der Waals surface area contributed by atoms with E-state index in [-0.39, 0.29) is 12.6 Å². The average Bonchev–Trinajstić information content (AvgIpc) is 2.54. The zero-order valence-corrected chi connectivity index (χ0v) is 12.6. The van der Waals surface area contributed by atoms with Gasteiger partial charge in [0, 0.05) is 35.3 Å². The van der Waals surface area contributed by atoms with E-state index in [0.717, 1.165) is 24.0 Å². The Bertz CT molecular complexity index is 411. The van der Waals surface area contributed by atoms with Gasteiger partial charge < -0.3 is 15.3 Å². The summed E-state index contributed by atoms with van der Waals surface area (Å²) in [5.74, 6) is 0. The minimum Gasteiger partial charge on any atom is -0.395 e. The minimum absolute atomic E-state index is 0.159. The minimum atomic E-state index is 0.159. The molecule has 0 aromatic heterocycles. The van der Waals surface area contributed by atoms with Gasteiger partial charge >= 0.3 is 0 Å². The lowest BCUT2D eigenvalue weighted by atomic mass is 10.2. The van der Waals surface area contributed by atoms with Crippen molar-refractivity contribution in [1.82, 2.24) is 5.32 Å². The zero-order valence-electron chi connectivity index (χ0n) is 11.0. The maximum absolute atomic E-state index is 9.40. The van der Waals surface area contributed by atoms with Crippen LogP contribution in [-0.4, -0.2) is 36.9 Å². The molecule has 1 aliphatic rings. The van der Waals surface area contributed by atoms with Crippen molar-refractivity contribution in [2.75, 3.05) is 24.6 Å². The molecule has 0 spiro atoms. The molecule has 1 aliphatic heterocycles. The summed E-state index contributed by atoms with van der Waals surface area (Å²) in [5.41, 5.74) is 2.49. The third kappa shape index (κ3) is 3.25. The predicted octanol–water partition coefficient (Wildman–Crippen LogP) is 2.31. The number of nitrogens with zero attached hydrogens (tertiary/aromatic N) is 1. The number of halogens is 1. The van der Waals surface area contributed by atoms with Crippen LogP contribution < -0.4 is 10.2 Å². The predicted molar refractivity (Wildman–Crippen MR) is 79.2 cm³/mol. The lowest BCUT2D eigenvalue weighted by molar-refractivity contribution is 0.240. The fourth-order valence-electron chi connectivity index (χ4n) is 2.42. The van der Waals surface area contributed by atoms with Crippen molar-refractivity contribution in [3.8, 4) is 0 Å². The Labute approximate surface area is 117 Å². The van der Waals surface area contributed by atoms with E-state index in [9.17, 15) is 5.11 Å². The van der Waals surface area contributed by atoms with Crippen molar-refractivity contribution in [3.05, 3.63) is 28.2 Å². The topological polar surface area (TPSA) is 35.5 Å². The highest BCUT2D eigenvalue weighted by Gasteiger charge is 2.21. The second-order valence-corrected chi connectivity index (χ2v) is 5.97. The molecule has 2 rings (SSSR count). The van der Waals surface area contributed by atoms with Gasteiger partial charge in [0.15, 0.2) is 0 Å². The number of aliphatic hydroxyl groups is 1. The standard InChI is InChI=1S/C14H21BrN2O/c1-10-7-13(3-4-14(10)15)17-6-5-11(2)16-12(8-17)9-18/h3-4,7,11-12,16,18H,5-6,8-9H2,1-2H3. The first kappa shape index (κ1) is 13.8. The molecular weight excluding hydrogens is 292 g/mol. The van der Waals surface area contributed by atoms with Crippen molar-refractivity contribution in [3.63, 3.8) is 0 Å². The highest BCUT2D eigenvalue weighted by molar-refractivity contribution is 9.10. The summed E-state index contributed by atoms with van der Waals surface area (Å²) in [6.07, 6.45) is 1.10. The Morgan fingerprint density at radius 2 is 2.28 bits per heavy atom. The number of benzene rings is 1. The van der Waals surface area contributed by atoms with Gasteiger partial charge in [0.2, 0.25) is 0 Å². The molecule has 1 saturated heterocycles. The largest absolute Gasteiger partial charge is 0.395 e. The molecule has 1 aromatic carbocycles. The molecule has 0 saturated carbocycles. The third-order valence-corrected chi connectivity index (χ3v) is 4.41. The smallest absolute Gasteiger partial charge is 0.0602 e. The fourth-order valence-corrected chi connectivity index (χ4v) is 2.66. The number of aliphatic hydroxyl groups excluding tert-OH is 1. The number of anilines is 1. The number of aryl methyl sites for hydroxylation is 1. The first-order valence-corrected chi connectivity index (χ1v) is 7.27. The molecule has 0 bridgehead atoms. The molecule has 2 unspecified atom stereocenters. The third-order valence-electron chi connectivity index (χ3n) is 3.52.